The van der Waals surface area contributed by atoms with Gasteiger partial charge in [0.25, 0.3) is 0 Å². The van der Waals surface area contributed by atoms with Gasteiger partial charge in [-0.05, 0) is 22.3 Å². The summed E-state index contributed by atoms with van der Waals surface area (Å²) in [6.45, 7) is 0. The zero-order valence-corrected chi connectivity index (χ0v) is 11.3. The minimum Gasteiger partial charge on any atom is -0.355 e. The van der Waals surface area contributed by atoms with Crippen LogP contribution >= 0.6 is 0 Å². The molecule has 20 heavy (non-hydrogen) atoms. The van der Waals surface area contributed by atoms with Crippen LogP contribution in [0.25, 0.3) is 0 Å². The van der Waals surface area contributed by atoms with Gasteiger partial charge in [-0.1, -0.05) is 54.6 Å². The van der Waals surface area contributed by atoms with Gasteiger partial charge in [-0.2, -0.15) is 0 Å². The maximum Gasteiger partial charge on any atom is 0.247 e. The Bertz CT molecular complexity index is 697. The molecule has 2 aromatic rings. The smallest absolute Gasteiger partial charge is 0.247 e. The highest BCUT2D eigenvalue weighted by molar-refractivity contribution is 5.97. The van der Waals surface area contributed by atoms with Crippen molar-refractivity contribution in [1.29, 1.82) is 0 Å². The SMILES string of the molecule is CNC(=O)C1=CC2c3ccccc3C1c1ccccc12. The summed E-state index contributed by atoms with van der Waals surface area (Å²) in [7, 11) is 1.70. The highest BCUT2D eigenvalue weighted by Crippen LogP contribution is 2.51. The van der Waals surface area contributed by atoms with Gasteiger partial charge in [0.05, 0.1) is 0 Å². The van der Waals surface area contributed by atoms with Crippen molar-refractivity contribution >= 4 is 5.91 Å². The molecule has 98 valence electrons. The molecule has 0 aromatic heterocycles. The average molecular weight is 261 g/mol. The second-order valence-corrected chi connectivity index (χ2v) is 5.37. The van der Waals surface area contributed by atoms with Gasteiger partial charge in [0.15, 0.2) is 0 Å². The van der Waals surface area contributed by atoms with Gasteiger partial charge >= 0.3 is 0 Å². The molecule has 0 saturated carbocycles. The van der Waals surface area contributed by atoms with E-state index in [-0.39, 0.29) is 17.7 Å². The van der Waals surface area contributed by atoms with Crippen LogP contribution in [0.2, 0.25) is 0 Å². The van der Waals surface area contributed by atoms with Crippen LogP contribution < -0.4 is 5.32 Å². The van der Waals surface area contributed by atoms with Gasteiger partial charge in [-0.25, -0.2) is 0 Å². The van der Waals surface area contributed by atoms with Gasteiger partial charge in [0.2, 0.25) is 5.91 Å². The molecule has 0 aliphatic heterocycles. The van der Waals surface area contributed by atoms with Gasteiger partial charge < -0.3 is 5.32 Å². The van der Waals surface area contributed by atoms with Crippen molar-refractivity contribution in [3.63, 3.8) is 0 Å². The number of nitrogens with one attached hydrogen (secondary N) is 1. The van der Waals surface area contributed by atoms with E-state index in [0.717, 1.165) is 5.57 Å². The Kier molecular flexibility index (Phi) is 2.34. The number of benzene rings is 2. The normalized spacial score (nSPS) is 21.8. The van der Waals surface area contributed by atoms with E-state index < -0.39 is 0 Å². The molecule has 2 heteroatoms. The van der Waals surface area contributed by atoms with E-state index in [9.17, 15) is 4.79 Å². The molecule has 0 saturated heterocycles. The summed E-state index contributed by atoms with van der Waals surface area (Å²) in [5, 5.41) is 2.77. The van der Waals surface area contributed by atoms with Crippen molar-refractivity contribution in [3.05, 3.63) is 82.4 Å². The lowest BCUT2D eigenvalue weighted by Gasteiger charge is -2.39. The van der Waals surface area contributed by atoms with Crippen LogP contribution in [0.5, 0.6) is 0 Å². The Morgan fingerprint density at radius 3 is 1.90 bits per heavy atom. The van der Waals surface area contributed by atoms with Crippen molar-refractivity contribution < 1.29 is 4.79 Å². The van der Waals surface area contributed by atoms with Crippen LogP contribution in [0, 0.1) is 0 Å². The molecule has 0 radical (unpaired) electrons. The number of hydrogen-bond donors (Lipinski definition) is 1. The van der Waals surface area contributed by atoms with Crippen molar-refractivity contribution in [2.45, 2.75) is 11.8 Å². The summed E-state index contributed by atoms with van der Waals surface area (Å²) < 4.78 is 0. The van der Waals surface area contributed by atoms with Crippen LogP contribution in [-0.4, -0.2) is 13.0 Å². The number of likely N-dealkylation sites (N-methyl/N-ethyl adjacent to an activating group) is 1. The number of carbonyl (C=O) groups is 1. The third-order valence-electron chi connectivity index (χ3n) is 4.43. The Morgan fingerprint density at radius 1 is 0.900 bits per heavy atom. The fraction of sp³-hybridized carbons (Fsp3) is 0.167. The molecular formula is C18H15NO. The second kappa shape index (κ2) is 4.07. The topological polar surface area (TPSA) is 29.1 Å². The number of amides is 1. The lowest BCUT2D eigenvalue weighted by atomic mass is 9.64. The van der Waals surface area contributed by atoms with Crippen molar-refractivity contribution in [1.82, 2.24) is 5.32 Å². The first-order valence-electron chi connectivity index (χ1n) is 6.92. The summed E-state index contributed by atoms with van der Waals surface area (Å²) in [6.07, 6.45) is 2.13. The zero-order chi connectivity index (χ0) is 13.7. The molecule has 0 unspecified atom stereocenters. The van der Waals surface area contributed by atoms with E-state index in [0.29, 0.717) is 0 Å². The highest BCUT2D eigenvalue weighted by Gasteiger charge is 2.39. The number of allylic oxidation sites excluding steroid dienone is 1. The number of rotatable bonds is 1. The monoisotopic (exact) mass is 261 g/mol. The Hall–Kier alpha value is -2.35. The average Bonchev–Trinajstić information content (AvgIpc) is 2.54. The molecule has 0 atom stereocenters. The molecule has 1 amide bonds. The van der Waals surface area contributed by atoms with Crippen LogP contribution in [0.4, 0.5) is 0 Å². The van der Waals surface area contributed by atoms with Crippen LogP contribution in [0.15, 0.2) is 60.2 Å². The van der Waals surface area contributed by atoms with Gasteiger partial charge in [-0.15, -0.1) is 0 Å². The van der Waals surface area contributed by atoms with Crippen molar-refractivity contribution in [3.8, 4) is 0 Å². The summed E-state index contributed by atoms with van der Waals surface area (Å²) in [4.78, 5) is 12.2. The first-order valence-corrected chi connectivity index (χ1v) is 6.92. The van der Waals surface area contributed by atoms with E-state index in [4.69, 9.17) is 0 Å². The lowest BCUT2D eigenvalue weighted by molar-refractivity contribution is -0.117. The van der Waals surface area contributed by atoms with E-state index >= 15 is 0 Å². The van der Waals surface area contributed by atoms with E-state index in [1.165, 1.54) is 22.3 Å². The minimum atomic E-state index is 0.0315. The minimum absolute atomic E-state index is 0.0315. The Labute approximate surface area is 118 Å². The standard InChI is InChI=1S/C18H15NO/c1-19-18(20)16-10-15-11-6-2-4-8-13(11)17(16)14-9-5-3-7-12(14)15/h2-10,15,17H,1H3,(H,19,20). The maximum atomic E-state index is 12.2. The summed E-state index contributed by atoms with van der Waals surface area (Å²) in [5.41, 5.74) is 6.11. The molecule has 2 bridgehead atoms. The fourth-order valence-corrected chi connectivity index (χ4v) is 3.59. The van der Waals surface area contributed by atoms with Crippen LogP contribution in [0.3, 0.4) is 0 Å². The molecule has 2 nitrogen and oxygen atoms in total. The van der Waals surface area contributed by atoms with E-state index in [1.54, 1.807) is 7.05 Å². The molecule has 3 aliphatic rings. The predicted octanol–water partition coefficient (Wildman–Crippen LogP) is 2.95. The van der Waals surface area contributed by atoms with Gasteiger partial charge in [-0.3, -0.25) is 4.79 Å². The van der Waals surface area contributed by atoms with Crippen LogP contribution in [0.1, 0.15) is 34.1 Å². The molecule has 0 spiro atoms. The molecule has 5 rings (SSSR count). The first kappa shape index (κ1) is 11.5. The molecule has 2 aromatic carbocycles. The van der Waals surface area contributed by atoms with E-state index in [2.05, 4.69) is 59.9 Å². The first-order chi connectivity index (χ1) is 9.81. The Balaban J connectivity index is 2.00. The summed E-state index contributed by atoms with van der Waals surface area (Å²) in [5.74, 6) is 0.316. The Morgan fingerprint density at radius 2 is 1.40 bits per heavy atom. The molecular weight excluding hydrogens is 246 g/mol. The molecule has 1 N–H and O–H groups in total. The third-order valence-corrected chi connectivity index (χ3v) is 4.43. The molecule has 3 aliphatic carbocycles. The van der Waals surface area contributed by atoms with Gasteiger partial charge in [0, 0.05) is 24.5 Å². The maximum absolute atomic E-state index is 12.2. The number of carbonyl (C=O) groups excluding carboxylic acids is 1. The quantitative estimate of drug-likeness (QED) is 0.840. The van der Waals surface area contributed by atoms with Gasteiger partial charge in [0.1, 0.15) is 0 Å². The fourth-order valence-electron chi connectivity index (χ4n) is 3.59. The molecule has 0 fully saturated rings. The second-order valence-electron chi connectivity index (χ2n) is 5.37. The predicted molar refractivity (Wildman–Crippen MR) is 78.7 cm³/mol. The van der Waals surface area contributed by atoms with Crippen molar-refractivity contribution in [2.75, 3.05) is 7.05 Å². The van der Waals surface area contributed by atoms with Crippen molar-refractivity contribution in [2.24, 2.45) is 0 Å². The third kappa shape index (κ3) is 1.36. The lowest BCUT2D eigenvalue weighted by Crippen LogP contribution is -2.32. The number of hydrogen-bond acceptors (Lipinski definition) is 1. The summed E-state index contributed by atoms with van der Waals surface area (Å²) >= 11 is 0. The largest absolute Gasteiger partial charge is 0.355 e. The zero-order valence-electron chi connectivity index (χ0n) is 11.3. The van der Waals surface area contributed by atoms with E-state index in [1.807, 2.05) is 0 Å². The highest BCUT2D eigenvalue weighted by atomic mass is 16.1. The summed E-state index contributed by atoms with van der Waals surface area (Å²) in [6, 6.07) is 16.9. The van der Waals surface area contributed by atoms with Crippen LogP contribution in [-0.2, 0) is 4.79 Å². The molecule has 0 heterocycles.